The Bertz CT molecular complexity index is 609. The van der Waals surface area contributed by atoms with Gasteiger partial charge in [0.1, 0.15) is 0 Å². The van der Waals surface area contributed by atoms with Crippen molar-refractivity contribution in [1.82, 2.24) is 15.1 Å². The van der Waals surface area contributed by atoms with E-state index in [1.165, 1.54) is 0 Å². The second-order valence-corrected chi connectivity index (χ2v) is 7.51. The third kappa shape index (κ3) is 6.10. The van der Waals surface area contributed by atoms with Gasteiger partial charge in [-0.25, -0.2) is 0 Å². The predicted octanol–water partition coefficient (Wildman–Crippen LogP) is 2.16. The number of hydrogen-bond donors (Lipinski definition) is 1. The number of hydrogen-bond acceptors (Lipinski definition) is 6. The summed E-state index contributed by atoms with van der Waals surface area (Å²) in [5, 5.41) is 3.42. The van der Waals surface area contributed by atoms with Crippen molar-refractivity contribution in [3.05, 3.63) is 17.7 Å². The lowest BCUT2D eigenvalue weighted by Crippen LogP contribution is -2.52. The summed E-state index contributed by atoms with van der Waals surface area (Å²) in [4.78, 5) is 9.55. The molecule has 7 nitrogen and oxygen atoms in total. The van der Waals surface area contributed by atoms with Crippen LogP contribution in [0.15, 0.2) is 17.1 Å². The molecule has 1 aliphatic heterocycles. The standard InChI is InChI=1S/C20H34N4O3S/c1-6-21-20(22-7-12-28-5)24-10-8-23(9-11-24)15-16-13-17(25-2)19(27-4)18(14-16)26-3/h13-14H,6-12,15H2,1-5H3,(H,21,22). The van der Waals surface area contributed by atoms with Gasteiger partial charge in [-0.2, -0.15) is 11.8 Å². The molecule has 1 N–H and O–H groups in total. The van der Waals surface area contributed by atoms with E-state index >= 15 is 0 Å². The van der Waals surface area contributed by atoms with E-state index in [9.17, 15) is 0 Å². The topological polar surface area (TPSA) is 58.6 Å². The number of aliphatic imine (C=N–C) groups is 1. The van der Waals surface area contributed by atoms with Gasteiger partial charge in [-0.15, -0.1) is 0 Å². The maximum atomic E-state index is 5.47. The van der Waals surface area contributed by atoms with Crippen molar-refractivity contribution in [3.63, 3.8) is 0 Å². The van der Waals surface area contributed by atoms with Gasteiger partial charge in [0.05, 0.1) is 27.9 Å². The van der Waals surface area contributed by atoms with E-state index in [4.69, 9.17) is 19.2 Å². The SMILES string of the molecule is CCNC(=NCCSC)N1CCN(Cc2cc(OC)c(OC)c(OC)c2)CC1. The largest absolute Gasteiger partial charge is 0.493 e. The smallest absolute Gasteiger partial charge is 0.203 e. The highest BCUT2D eigenvalue weighted by Gasteiger charge is 2.21. The van der Waals surface area contributed by atoms with E-state index in [2.05, 4.69) is 28.3 Å². The third-order valence-corrected chi connectivity index (χ3v) is 5.29. The van der Waals surface area contributed by atoms with Gasteiger partial charge in [-0.3, -0.25) is 9.89 Å². The molecule has 1 aliphatic rings. The van der Waals surface area contributed by atoms with Gasteiger partial charge in [0.2, 0.25) is 5.75 Å². The fourth-order valence-electron chi connectivity index (χ4n) is 3.27. The molecule has 1 heterocycles. The van der Waals surface area contributed by atoms with Crippen LogP contribution in [0.1, 0.15) is 12.5 Å². The van der Waals surface area contributed by atoms with Gasteiger partial charge in [0.15, 0.2) is 17.5 Å². The minimum Gasteiger partial charge on any atom is -0.493 e. The van der Waals surface area contributed by atoms with E-state index in [-0.39, 0.29) is 0 Å². The van der Waals surface area contributed by atoms with E-state index in [0.717, 1.165) is 63.1 Å². The summed E-state index contributed by atoms with van der Waals surface area (Å²) in [6.07, 6.45) is 2.12. The van der Waals surface area contributed by atoms with Crippen LogP contribution in [0.2, 0.25) is 0 Å². The van der Waals surface area contributed by atoms with Crippen LogP contribution in [0, 0.1) is 0 Å². The molecule has 0 unspecified atom stereocenters. The molecule has 0 radical (unpaired) electrons. The Morgan fingerprint density at radius 2 is 1.71 bits per heavy atom. The summed E-state index contributed by atoms with van der Waals surface area (Å²) in [6, 6.07) is 4.06. The summed E-state index contributed by atoms with van der Waals surface area (Å²) >= 11 is 1.83. The fourth-order valence-corrected chi connectivity index (χ4v) is 3.55. The van der Waals surface area contributed by atoms with Crippen LogP contribution in [0.4, 0.5) is 0 Å². The number of methoxy groups -OCH3 is 3. The van der Waals surface area contributed by atoms with Crippen molar-refractivity contribution in [2.24, 2.45) is 4.99 Å². The average molecular weight is 411 g/mol. The molecule has 1 aromatic carbocycles. The molecule has 0 aromatic heterocycles. The van der Waals surface area contributed by atoms with Gasteiger partial charge >= 0.3 is 0 Å². The number of ether oxygens (including phenoxy) is 3. The zero-order valence-corrected chi connectivity index (χ0v) is 18.6. The van der Waals surface area contributed by atoms with Crippen LogP contribution in [0.25, 0.3) is 0 Å². The second-order valence-electron chi connectivity index (χ2n) is 6.53. The molecule has 28 heavy (non-hydrogen) atoms. The highest BCUT2D eigenvalue weighted by Crippen LogP contribution is 2.38. The molecule has 0 saturated carbocycles. The van der Waals surface area contributed by atoms with Gasteiger partial charge in [-0.1, -0.05) is 0 Å². The summed E-state index contributed by atoms with van der Waals surface area (Å²) in [7, 11) is 4.93. The second kappa shape index (κ2) is 11.9. The molecule has 0 aliphatic carbocycles. The minimum atomic E-state index is 0.635. The number of guanidine groups is 1. The highest BCUT2D eigenvalue weighted by atomic mass is 32.2. The van der Waals surface area contributed by atoms with Gasteiger partial charge in [0.25, 0.3) is 0 Å². The zero-order chi connectivity index (χ0) is 20.4. The Hall–Kier alpha value is -1.80. The van der Waals surface area contributed by atoms with Crippen LogP contribution in [0.3, 0.4) is 0 Å². The molecule has 1 saturated heterocycles. The van der Waals surface area contributed by atoms with Crippen LogP contribution in [-0.4, -0.2) is 88.4 Å². The normalized spacial score (nSPS) is 15.5. The Morgan fingerprint density at radius 1 is 1.07 bits per heavy atom. The summed E-state index contributed by atoms with van der Waals surface area (Å²) in [5.41, 5.74) is 1.16. The van der Waals surface area contributed by atoms with Crippen molar-refractivity contribution in [2.75, 3.05) is 72.6 Å². The van der Waals surface area contributed by atoms with Crippen LogP contribution >= 0.6 is 11.8 Å². The molecule has 158 valence electrons. The molecule has 2 rings (SSSR count). The summed E-state index contributed by atoms with van der Waals surface area (Å²) in [5.74, 6) is 4.12. The first-order chi connectivity index (χ1) is 13.7. The summed E-state index contributed by atoms with van der Waals surface area (Å²) < 4.78 is 16.4. The number of piperazine rings is 1. The maximum absolute atomic E-state index is 5.47. The van der Waals surface area contributed by atoms with Crippen molar-refractivity contribution >= 4 is 17.7 Å². The van der Waals surface area contributed by atoms with Gasteiger partial charge < -0.3 is 24.4 Å². The van der Waals surface area contributed by atoms with Gasteiger partial charge in [-0.05, 0) is 30.9 Å². The molecule has 8 heteroatoms. The lowest BCUT2D eigenvalue weighted by molar-refractivity contribution is 0.172. The third-order valence-electron chi connectivity index (χ3n) is 4.69. The number of benzene rings is 1. The Morgan fingerprint density at radius 3 is 2.21 bits per heavy atom. The lowest BCUT2D eigenvalue weighted by atomic mass is 10.1. The molecule has 0 spiro atoms. The quantitative estimate of drug-likeness (QED) is 0.380. The van der Waals surface area contributed by atoms with Crippen molar-refractivity contribution in [3.8, 4) is 17.2 Å². The van der Waals surface area contributed by atoms with Crippen molar-refractivity contribution in [1.29, 1.82) is 0 Å². The average Bonchev–Trinajstić information content (AvgIpc) is 2.73. The minimum absolute atomic E-state index is 0.635. The lowest BCUT2D eigenvalue weighted by Gasteiger charge is -2.36. The number of nitrogens with zero attached hydrogens (tertiary/aromatic N) is 3. The van der Waals surface area contributed by atoms with E-state index in [0.29, 0.717) is 17.2 Å². The predicted molar refractivity (Wildman–Crippen MR) is 117 cm³/mol. The first-order valence-electron chi connectivity index (χ1n) is 9.70. The number of thioether (sulfide) groups is 1. The monoisotopic (exact) mass is 410 g/mol. The molecule has 1 aromatic rings. The van der Waals surface area contributed by atoms with Crippen LogP contribution < -0.4 is 19.5 Å². The number of nitrogens with one attached hydrogen (secondary N) is 1. The maximum Gasteiger partial charge on any atom is 0.203 e. The number of rotatable bonds is 9. The van der Waals surface area contributed by atoms with Crippen LogP contribution in [-0.2, 0) is 6.54 Å². The first-order valence-corrected chi connectivity index (χ1v) is 11.1. The molecular weight excluding hydrogens is 376 g/mol. The summed E-state index contributed by atoms with van der Waals surface area (Å²) in [6.45, 7) is 8.63. The Kier molecular flexibility index (Phi) is 9.57. The molecule has 0 amide bonds. The highest BCUT2D eigenvalue weighted by molar-refractivity contribution is 7.98. The van der Waals surface area contributed by atoms with Crippen LogP contribution in [0.5, 0.6) is 17.2 Å². The molecule has 0 bridgehead atoms. The zero-order valence-electron chi connectivity index (χ0n) is 17.8. The Labute approximate surface area is 173 Å². The fraction of sp³-hybridized carbons (Fsp3) is 0.650. The van der Waals surface area contributed by atoms with Crippen molar-refractivity contribution < 1.29 is 14.2 Å². The molecular formula is C20H34N4O3S. The van der Waals surface area contributed by atoms with Gasteiger partial charge in [0, 0.05) is 45.0 Å². The Balaban J connectivity index is 1.99. The molecule has 1 fully saturated rings. The van der Waals surface area contributed by atoms with E-state index in [1.807, 2.05) is 23.9 Å². The molecule has 0 atom stereocenters. The van der Waals surface area contributed by atoms with E-state index in [1.54, 1.807) is 21.3 Å². The van der Waals surface area contributed by atoms with Crippen molar-refractivity contribution in [2.45, 2.75) is 13.5 Å². The van der Waals surface area contributed by atoms with E-state index < -0.39 is 0 Å². The first kappa shape index (κ1) is 22.5.